The molecule has 17 heteroatoms. The van der Waals surface area contributed by atoms with Gasteiger partial charge in [0.2, 0.25) is 5.91 Å². The Labute approximate surface area is 318 Å². The largest absolute Gasteiger partial charge is 0.507 e. The van der Waals surface area contributed by atoms with Crippen LogP contribution in [0.15, 0.2) is 59.7 Å². The van der Waals surface area contributed by atoms with Crippen molar-refractivity contribution in [3.63, 3.8) is 0 Å². The quantitative estimate of drug-likeness (QED) is 0.0484. The molecule has 9 N–H and O–H groups in total. The third-order valence-corrected chi connectivity index (χ3v) is 10.6. The number of aromatic hydroxyl groups is 2. The lowest BCUT2D eigenvalue weighted by molar-refractivity contribution is -0.245. The van der Waals surface area contributed by atoms with E-state index < -0.39 is 114 Å². The molecule has 7 rings (SSSR count). The first-order valence-corrected chi connectivity index (χ1v) is 17.7. The lowest BCUT2D eigenvalue weighted by Gasteiger charge is -2.43. The van der Waals surface area contributed by atoms with E-state index in [4.69, 9.17) is 15.2 Å². The zero-order chi connectivity index (χ0) is 40.2. The zero-order valence-electron chi connectivity index (χ0n) is 29.8. The summed E-state index contributed by atoms with van der Waals surface area (Å²) in [5.41, 5.74) is 5.00. The molecule has 1 unspecified atom stereocenters. The van der Waals surface area contributed by atoms with E-state index >= 15 is 0 Å². The number of aliphatic hydroxyl groups excluding tert-OH is 3. The highest BCUT2D eigenvalue weighted by Gasteiger charge is 2.49. The maximum absolute atomic E-state index is 14.0. The molecule has 3 amide bonds. The van der Waals surface area contributed by atoms with Gasteiger partial charge in [-0.25, -0.2) is 10.3 Å². The number of carbonyl (C=O) groups is 5. The molecule has 0 aromatic heterocycles. The van der Waals surface area contributed by atoms with E-state index in [1.54, 1.807) is 6.92 Å². The van der Waals surface area contributed by atoms with Crippen molar-refractivity contribution in [3.05, 3.63) is 99.1 Å². The van der Waals surface area contributed by atoms with Gasteiger partial charge in [-0.15, -0.1) is 0 Å². The minimum Gasteiger partial charge on any atom is -0.507 e. The fourth-order valence-electron chi connectivity index (χ4n) is 7.73. The van der Waals surface area contributed by atoms with Gasteiger partial charge in [0.15, 0.2) is 17.9 Å². The summed E-state index contributed by atoms with van der Waals surface area (Å²) in [6.07, 6.45) is -3.47. The lowest BCUT2D eigenvalue weighted by atomic mass is 9.71. The predicted octanol–water partition coefficient (Wildman–Crippen LogP) is 0.0602. The highest BCUT2D eigenvalue weighted by molar-refractivity contribution is 6.31. The summed E-state index contributed by atoms with van der Waals surface area (Å²) in [6, 6.07) is 9.48. The van der Waals surface area contributed by atoms with E-state index in [0.717, 1.165) is 17.1 Å². The van der Waals surface area contributed by atoms with E-state index in [0.29, 0.717) is 11.3 Å². The molecule has 2 aliphatic heterocycles. The summed E-state index contributed by atoms with van der Waals surface area (Å²) in [4.78, 5) is 65.8. The van der Waals surface area contributed by atoms with Crippen molar-refractivity contribution in [1.29, 1.82) is 0 Å². The van der Waals surface area contributed by atoms with Crippen LogP contribution < -0.4 is 16.1 Å². The number of benzene rings is 3. The van der Waals surface area contributed by atoms with Gasteiger partial charge in [-0.2, -0.15) is 5.10 Å². The van der Waals surface area contributed by atoms with Crippen molar-refractivity contribution in [2.24, 2.45) is 10.8 Å². The highest BCUT2D eigenvalue weighted by Crippen LogP contribution is 2.52. The molecule has 0 bridgehead atoms. The summed E-state index contributed by atoms with van der Waals surface area (Å²) < 4.78 is 12.1. The standard InChI is InChI=1S/C39H38N4O13/c1-17-34(49)23(40)12-29(55-17)56-24-14-39(54,25(16-45)41-42-26(46)11-18-5-7-20(8-6-18)43-27(47)9-10-28(43)48)13-22-31(24)38(53)33-32(36(22)51)35(50)21-4-2-3-19(15-44)30(21)37(33)52/h2-10,17,23-24,29,34,44-45,49,51,53-54H,11-16,40H2,1H3,(H,42,46)/b41-25+/t17?,23-,24+,29+,34+,39+/m1/s1. The first kappa shape index (κ1) is 38.6. The molecule has 0 radical (unpaired) electrons. The normalized spacial score (nSPS) is 25.9. The van der Waals surface area contributed by atoms with Gasteiger partial charge in [-0.1, -0.05) is 30.3 Å². The smallest absolute Gasteiger partial charge is 0.258 e. The number of anilines is 1. The number of phenols is 2. The molecule has 292 valence electrons. The van der Waals surface area contributed by atoms with Crippen LogP contribution in [0.2, 0.25) is 0 Å². The molecule has 56 heavy (non-hydrogen) atoms. The molecule has 6 atom stereocenters. The van der Waals surface area contributed by atoms with E-state index in [1.165, 1.54) is 42.5 Å². The molecular weight excluding hydrogens is 732 g/mol. The molecule has 17 nitrogen and oxygen atoms in total. The van der Waals surface area contributed by atoms with Crippen LogP contribution in [0.25, 0.3) is 0 Å². The Bertz CT molecular complexity index is 2210. The van der Waals surface area contributed by atoms with Crippen molar-refractivity contribution in [2.45, 2.75) is 75.5 Å². The SMILES string of the molecule is CC1O[C@@H](O[C@H]2C[C@](O)(/C(CO)=N/NC(=O)Cc3ccc(N4C(=O)C=CC4=O)cc3)Cc3c(O)c4c(c(O)c32)C(=O)c2c(CO)cccc2C4=O)C[C@@H](N)[C@H]1O. The lowest BCUT2D eigenvalue weighted by Crippen LogP contribution is -2.53. The van der Waals surface area contributed by atoms with Crippen molar-refractivity contribution in [3.8, 4) is 11.5 Å². The molecule has 0 spiro atoms. The maximum Gasteiger partial charge on any atom is 0.258 e. The van der Waals surface area contributed by atoms with Crippen LogP contribution in [0.1, 0.15) is 80.0 Å². The van der Waals surface area contributed by atoms with Gasteiger partial charge in [0, 0.05) is 59.7 Å². The van der Waals surface area contributed by atoms with E-state index in [2.05, 4.69) is 10.5 Å². The summed E-state index contributed by atoms with van der Waals surface area (Å²) in [5, 5.41) is 70.6. The number of hydrogen-bond acceptors (Lipinski definition) is 15. The monoisotopic (exact) mass is 770 g/mol. The molecule has 2 heterocycles. The number of hydrogen-bond donors (Lipinski definition) is 8. The Balaban J connectivity index is 1.22. The van der Waals surface area contributed by atoms with Gasteiger partial charge in [0.1, 0.15) is 17.1 Å². The Kier molecular flexibility index (Phi) is 10.2. The van der Waals surface area contributed by atoms with Crippen LogP contribution in [-0.2, 0) is 43.3 Å². The number of nitrogens with two attached hydrogens (primary N) is 1. The number of nitrogens with one attached hydrogen (secondary N) is 1. The summed E-state index contributed by atoms with van der Waals surface area (Å²) in [6.45, 7) is 0.0517. The number of hydrazone groups is 1. The van der Waals surface area contributed by atoms with Gasteiger partial charge in [0.25, 0.3) is 11.8 Å². The molecule has 1 saturated heterocycles. The summed E-state index contributed by atoms with van der Waals surface area (Å²) >= 11 is 0. The average Bonchev–Trinajstić information content (AvgIpc) is 3.50. The maximum atomic E-state index is 14.0. The molecule has 0 saturated carbocycles. The first-order valence-electron chi connectivity index (χ1n) is 17.7. The van der Waals surface area contributed by atoms with Gasteiger partial charge in [0.05, 0.1) is 60.5 Å². The third kappa shape index (κ3) is 6.58. The fourth-order valence-corrected chi connectivity index (χ4v) is 7.73. The number of aliphatic hydroxyl groups is 4. The molecule has 3 aromatic rings. The number of imide groups is 1. The van der Waals surface area contributed by atoms with Crippen molar-refractivity contribution >= 4 is 40.7 Å². The minimum absolute atomic E-state index is 0.0440. The number of rotatable bonds is 9. The predicted molar refractivity (Wildman–Crippen MR) is 193 cm³/mol. The highest BCUT2D eigenvalue weighted by atomic mass is 16.7. The Morgan fingerprint density at radius 1 is 1.00 bits per heavy atom. The number of fused-ring (bicyclic) bond motifs is 3. The average molecular weight is 771 g/mol. The number of carbonyl (C=O) groups excluding carboxylic acids is 5. The van der Waals surface area contributed by atoms with Crippen molar-refractivity contribution < 1.29 is 64.1 Å². The second-order valence-corrected chi connectivity index (χ2v) is 14.1. The van der Waals surface area contributed by atoms with Gasteiger partial charge in [-0.3, -0.25) is 24.0 Å². The number of ether oxygens (including phenoxy) is 2. The Morgan fingerprint density at radius 3 is 2.32 bits per heavy atom. The summed E-state index contributed by atoms with van der Waals surface area (Å²) in [5.74, 6) is -4.83. The minimum atomic E-state index is -2.21. The zero-order valence-corrected chi connectivity index (χ0v) is 29.8. The van der Waals surface area contributed by atoms with E-state index in [9.17, 15) is 54.6 Å². The van der Waals surface area contributed by atoms with Gasteiger partial charge < -0.3 is 45.8 Å². The molecule has 4 aliphatic rings. The topological polar surface area (TPSA) is 279 Å². The third-order valence-electron chi connectivity index (χ3n) is 10.6. The molecular formula is C39H38N4O13. The van der Waals surface area contributed by atoms with Crippen LogP contribution in [0.4, 0.5) is 5.69 Å². The first-order chi connectivity index (χ1) is 26.7. The molecule has 2 aliphatic carbocycles. The Morgan fingerprint density at radius 2 is 1.68 bits per heavy atom. The molecule has 3 aromatic carbocycles. The molecule has 1 fully saturated rings. The fraction of sp³-hybridized carbons (Fsp3) is 0.333. The van der Waals surface area contributed by atoms with Crippen molar-refractivity contribution in [1.82, 2.24) is 5.43 Å². The van der Waals surface area contributed by atoms with Crippen LogP contribution in [0.5, 0.6) is 11.5 Å². The van der Waals surface area contributed by atoms with Crippen LogP contribution in [0, 0.1) is 0 Å². The number of amides is 3. The number of nitrogens with zero attached hydrogens (tertiary/aromatic N) is 2. The van der Waals surface area contributed by atoms with Gasteiger partial charge >= 0.3 is 0 Å². The van der Waals surface area contributed by atoms with Crippen molar-refractivity contribution in [2.75, 3.05) is 11.5 Å². The second-order valence-electron chi connectivity index (χ2n) is 14.1. The summed E-state index contributed by atoms with van der Waals surface area (Å²) in [7, 11) is 0. The number of ketones is 2. The number of phenolic OH excluding ortho intramolecular Hbond substituents is 2. The Hall–Kier alpha value is -5.66. The van der Waals surface area contributed by atoms with Crippen LogP contribution in [0.3, 0.4) is 0 Å². The van der Waals surface area contributed by atoms with E-state index in [1.807, 2.05) is 0 Å². The van der Waals surface area contributed by atoms with E-state index in [-0.39, 0.29) is 46.4 Å². The van der Waals surface area contributed by atoms with Crippen LogP contribution in [-0.4, -0.2) is 102 Å². The van der Waals surface area contributed by atoms with Crippen LogP contribution >= 0.6 is 0 Å². The second kappa shape index (κ2) is 14.8. The van der Waals surface area contributed by atoms with Gasteiger partial charge in [-0.05, 0) is 30.2 Å².